The average molecular weight is 655 g/mol. The molecule has 0 unspecified atom stereocenters. The van der Waals surface area contributed by atoms with E-state index in [1.165, 1.54) is 4.58 Å². The van der Waals surface area contributed by atoms with Gasteiger partial charge in [-0.1, -0.05) is 109 Å². The van der Waals surface area contributed by atoms with Crippen molar-refractivity contribution in [3.8, 4) is 34.2 Å². The number of hydrogen-bond donors (Lipinski definition) is 3. The summed E-state index contributed by atoms with van der Waals surface area (Å²) in [6.07, 6.45) is 10.2. The molecule has 5 rings (SSSR count). The van der Waals surface area contributed by atoms with Crippen LogP contribution in [0.3, 0.4) is 0 Å². The van der Waals surface area contributed by atoms with Crippen LogP contribution in [-0.2, 0) is 16.1 Å². The van der Waals surface area contributed by atoms with Gasteiger partial charge in [0.25, 0.3) is 5.84 Å². The summed E-state index contributed by atoms with van der Waals surface area (Å²) in [6, 6.07) is 28.8. The highest BCUT2D eigenvalue weighted by molar-refractivity contribution is 6.10. The number of carbonyl (C=O) groups excluding carboxylic acids is 2. The second-order valence-corrected chi connectivity index (χ2v) is 12.4. The van der Waals surface area contributed by atoms with Crippen molar-refractivity contribution in [2.45, 2.75) is 70.8 Å². The van der Waals surface area contributed by atoms with Gasteiger partial charge in [-0.05, 0) is 54.5 Å². The second kappa shape index (κ2) is 17.7. The van der Waals surface area contributed by atoms with E-state index in [4.69, 9.17) is 10.4 Å². The molecule has 0 saturated carbocycles. The van der Waals surface area contributed by atoms with Gasteiger partial charge in [0.2, 0.25) is 18.1 Å². The lowest BCUT2D eigenvalue weighted by molar-refractivity contribution is -0.305. The summed E-state index contributed by atoms with van der Waals surface area (Å²) in [5.74, 6) is 7.81. The molecule has 2 amide bonds. The van der Waals surface area contributed by atoms with Crippen LogP contribution in [-0.4, -0.2) is 46.4 Å². The zero-order chi connectivity index (χ0) is 34.4. The lowest BCUT2D eigenvalue weighted by Crippen LogP contribution is -2.56. The smallest absolute Gasteiger partial charge is 0.308 e. The third kappa shape index (κ3) is 9.59. The highest BCUT2D eigenvalue weighted by Crippen LogP contribution is 2.44. The Kier molecular flexibility index (Phi) is 12.6. The molecule has 0 bridgehead atoms. The highest BCUT2D eigenvalue weighted by Gasteiger charge is 2.34. The predicted molar refractivity (Wildman–Crippen MR) is 197 cm³/mol. The van der Waals surface area contributed by atoms with Gasteiger partial charge in [0.05, 0.1) is 18.7 Å². The minimum atomic E-state index is 0.00333. The Morgan fingerprint density at radius 2 is 1.53 bits per heavy atom. The summed E-state index contributed by atoms with van der Waals surface area (Å²) >= 11 is 0. The number of amidine groups is 1. The van der Waals surface area contributed by atoms with Gasteiger partial charge in [-0.15, -0.1) is 0 Å². The summed E-state index contributed by atoms with van der Waals surface area (Å²) in [5, 5.41) is 12.0. The molecular weight excluding hydrogens is 608 g/mol. The molecule has 3 aromatic carbocycles. The van der Waals surface area contributed by atoms with Gasteiger partial charge in [-0.25, -0.2) is 9.37 Å². The van der Waals surface area contributed by atoms with Crippen LogP contribution in [0.15, 0.2) is 89.9 Å². The number of fused-ring (bicyclic) bond motifs is 1. The van der Waals surface area contributed by atoms with E-state index in [0.29, 0.717) is 31.8 Å². The number of hydrogen-bond acceptors (Lipinski definition) is 4. The van der Waals surface area contributed by atoms with Crippen molar-refractivity contribution < 1.29 is 19.9 Å². The third-order valence-corrected chi connectivity index (χ3v) is 8.60. The van der Waals surface area contributed by atoms with E-state index < -0.39 is 0 Å². The number of benzene rings is 3. The van der Waals surface area contributed by atoms with E-state index in [2.05, 4.69) is 70.6 Å². The van der Waals surface area contributed by atoms with Crippen LogP contribution in [0.2, 0.25) is 0 Å². The molecule has 5 N–H and O–H groups in total. The molecule has 0 fully saturated rings. The van der Waals surface area contributed by atoms with Crippen LogP contribution in [0.1, 0.15) is 80.9 Å². The molecule has 0 atom stereocenters. The van der Waals surface area contributed by atoms with E-state index in [0.717, 1.165) is 96.3 Å². The maximum Gasteiger partial charge on any atom is 0.308 e. The standard InChI is InChI=1S/C41H44N6O2/c1-46-30-45-41-38(40(46)43)37(33-21-10-7-11-22-33)39(34-23-12-8-13-24-34)47(41)29-32-20-17-19-31(28-32)18-9-5-6-16-27-44-36(49)26-15-4-2-3-14-25-35(42)48/h7-8,10-13,17,19-24,28,30,43H,1-6,14-16,25-27,29H2,(H2-,42,44,48,49)/p+2. The van der Waals surface area contributed by atoms with Crippen LogP contribution in [0, 0.1) is 17.3 Å². The Labute approximate surface area is 289 Å². The van der Waals surface area contributed by atoms with Gasteiger partial charge in [-0.2, -0.15) is 5.41 Å². The molecule has 250 valence electrons. The number of quaternary nitrogens is 1. The van der Waals surface area contributed by atoms with Crippen LogP contribution in [0.5, 0.6) is 0 Å². The fourth-order valence-corrected chi connectivity index (χ4v) is 6.11. The van der Waals surface area contributed by atoms with Gasteiger partial charge in [0.1, 0.15) is 5.56 Å². The first-order valence-corrected chi connectivity index (χ1v) is 17.2. The van der Waals surface area contributed by atoms with Crippen molar-refractivity contribution in [3.63, 3.8) is 0 Å². The van der Waals surface area contributed by atoms with Gasteiger partial charge in [0.15, 0.2) is 0 Å². The number of nitrogens with zero attached hydrogens (tertiary/aromatic N) is 3. The Bertz CT molecular complexity index is 1880. The zero-order valence-corrected chi connectivity index (χ0v) is 28.2. The summed E-state index contributed by atoms with van der Waals surface area (Å²) in [7, 11) is 0. The molecular formula is C41H46N6O2+2. The topological polar surface area (TPSA) is 118 Å². The zero-order valence-electron chi connectivity index (χ0n) is 28.2. The number of nitrogens with one attached hydrogen (secondary N) is 2. The van der Waals surface area contributed by atoms with Gasteiger partial charge < -0.3 is 9.88 Å². The van der Waals surface area contributed by atoms with E-state index >= 15 is 0 Å². The number of amides is 2. The fourth-order valence-electron chi connectivity index (χ4n) is 6.11. The quantitative estimate of drug-likeness (QED) is 0.0707. The number of unbranched alkanes of at least 4 members (excludes halogenated alkanes) is 6. The SMILES string of the molecule is C=[N+]1C=Nc2c(c(-c3ccccc3)c(-c3ccccc3)n2Cc2cccc(C#CCCCCNC(=O)CCCCCCCC([NH3+])=O)c2)C1=N. The summed E-state index contributed by atoms with van der Waals surface area (Å²) in [4.78, 5) is 27.8. The van der Waals surface area contributed by atoms with E-state index in [9.17, 15) is 9.59 Å². The number of aliphatic imine (C=N–C) groups is 1. The van der Waals surface area contributed by atoms with Crippen LogP contribution >= 0.6 is 0 Å². The summed E-state index contributed by atoms with van der Waals surface area (Å²) in [5.41, 5.74) is 10.3. The largest absolute Gasteiger partial charge is 0.356 e. The summed E-state index contributed by atoms with van der Waals surface area (Å²) in [6.45, 7) is 5.24. The molecule has 1 aliphatic heterocycles. The van der Waals surface area contributed by atoms with Crippen molar-refractivity contribution >= 4 is 36.5 Å². The first-order valence-electron chi connectivity index (χ1n) is 17.2. The Hall–Kier alpha value is -5.39. The predicted octanol–water partition coefficient (Wildman–Crippen LogP) is 6.72. The first-order chi connectivity index (χ1) is 23.9. The molecule has 1 aliphatic rings. The van der Waals surface area contributed by atoms with Crippen LogP contribution in [0.4, 0.5) is 5.82 Å². The number of aromatic nitrogens is 1. The molecule has 49 heavy (non-hydrogen) atoms. The molecule has 0 radical (unpaired) electrons. The van der Waals surface area contributed by atoms with Crippen molar-refractivity contribution in [1.29, 1.82) is 5.41 Å². The maximum absolute atomic E-state index is 12.1. The van der Waals surface area contributed by atoms with Crippen LogP contribution < -0.4 is 11.1 Å². The molecule has 2 heterocycles. The molecule has 8 nitrogen and oxygen atoms in total. The fraction of sp³-hybridized carbons (Fsp3) is 0.293. The molecule has 0 spiro atoms. The lowest BCUT2D eigenvalue weighted by Gasteiger charge is -2.13. The third-order valence-electron chi connectivity index (χ3n) is 8.60. The molecule has 1 aromatic heterocycles. The molecule has 4 aromatic rings. The Morgan fingerprint density at radius 1 is 0.837 bits per heavy atom. The Balaban J connectivity index is 1.21. The molecule has 8 heteroatoms. The normalized spacial score (nSPS) is 11.9. The average Bonchev–Trinajstić information content (AvgIpc) is 3.44. The highest BCUT2D eigenvalue weighted by atomic mass is 16.1. The van der Waals surface area contributed by atoms with Crippen molar-refractivity contribution in [1.82, 2.24) is 9.88 Å². The maximum atomic E-state index is 12.1. The molecule has 0 saturated heterocycles. The van der Waals surface area contributed by atoms with E-state index in [1.54, 1.807) is 6.34 Å². The van der Waals surface area contributed by atoms with Crippen molar-refractivity contribution in [3.05, 3.63) is 102 Å². The van der Waals surface area contributed by atoms with Crippen LogP contribution in [0.25, 0.3) is 22.4 Å². The minimum absolute atomic E-state index is 0.00333. The van der Waals surface area contributed by atoms with Crippen molar-refractivity contribution in [2.75, 3.05) is 6.54 Å². The Morgan fingerprint density at radius 3 is 2.27 bits per heavy atom. The second-order valence-electron chi connectivity index (χ2n) is 12.4. The van der Waals surface area contributed by atoms with E-state index in [-0.39, 0.29) is 11.8 Å². The monoisotopic (exact) mass is 654 g/mol. The number of rotatable bonds is 16. The summed E-state index contributed by atoms with van der Waals surface area (Å²) < 4.78 is 3.72. The van der Waals surface area contributed by atoms with Gasteiger partial charge in [-0.3, -0.25) is 10.5 Å². The van der Waals surface area contributed by atoms with Gasteiger partial charge in [0, 0.05) is 37.2 Å². The lowest BCUT2D eigenvalue weighted by atomic mass is 9.96. The molecule has 0 aliphatic carbocycles. The van der Waals surface area contributed by atoms with Gasteiger partial charge >= 0.3 is 5.91 Å². The number of carbonyl (C=O) groups is 2. The van der Waals surface area contributed by atoms with Crippen molar-refractivity contribution in [2.24, 2.45) is 4.99 Å². The first kappa shape index (κ1) is 34.9. The minimum Gasteiger partial charge on any atom is -0.356 e. The van der Waals surface area contributed by atoms with E-state index in [1.807, 2.05) is 48.5 Å².